The summed E-state index contributed by atoms with van der Waals surface area (Å²) >= 11 is 0. The number of aromatic nitrogens is 4. The van der Waals surface area contributed by atoms with Crippen LogP contribution in [-0.4, -0.2) is 79.8 Å². The van der Waals surface area contributed by atoms with Crippen molar-refractivity contribution in [1.29, 1.82) is 0 Å². The number of piperidine rings is 1. The first kappa shape index (κ1) is 20.8. The van der Waals surface area contributed by atoms with Gasteiger partial charge < -0.3 is 19.6 Å². The average Bonchev–Trinajstić information content (AvgIpc) is 3.53. The maximum Gasteiger partial charge on any atom is 0.336 e. The lowest BCUT2D eigenvalue weighted by Gasteiger charge is -2.38. The zero-order chi connectivity index (χ0) is 22.3. The van der Waals surface area contributed by atoms with Crippen LogP contribution in [0.15, 0.2) is 41.9 Å². The molecule has 1 amide bonds. The van der Waals surface area contributed by atoms with Crippen molar-refractivity contribution >= 4 is 11.9 Å². The third-order valence-electron chi connectivity index (χ3n) is 7.02. The van der Waals surface area contributed by atoms with Gasteiger partial charge in [0.25, 0.3) is 0 Å². The van der Waals surface area contributed by atoms with Crippen LogP contribution < -0.4 is 0 Å². The molecule has 1 spiro atoms. The summed E-state index contributed by atoms with van der Waals surface area (Å²) in [6, 6.07) is 7.44. The lowest BCUT2D eigenvalue weighted by atomic mass is 9.77. The van der Waals surface area contributed by atoms with E-state index in [1.54, 1.807) is 11.8 Å². The molecule has 3 aliphatic heterocycles. The summed E-state index contributed by atoms with van der Waals surface area (Å²) in [7, 11) is 0. The SMILES string of the molecule is CC1=C(N2CCC3(CCN(CC(O)c4ccc(-n5ncnn5)cc4)CC3)C2=O)COC1=O. The number of hydrogen-bond donors (Lipinski definition) is 1. The molecule has 1 atom stereocenters. The van der Waals surface area contributed by atoms with E-state index in [4.69, 9.17) is 4.74 Å². The Labute approximate surface area is 185 Å². The predicted molar refractivity (Wildman–Crippen MR) is 112 cm³/mol. The normalized spacial score (nSPS) is 22.1. The van der Waals surface area contributed by atoms with Crippen LogP contribution in [0.5, 0.6) is 0 Å². The van der Waals surface area contributed by atoms with Crippen LogP contribution >= 0.6 is 0 Å². The van der Waals surface area contributed by atoms with E-state index in [1.807, 2.05) is 24.3 Å². The van der Waals surface area contributed by atoms with Gasteiger partial charge in [-0.1, -0.05) is 12.1 Å². The molecule has 0 aliphatic carbocycles. The summed E-state index contributed by atoms with van der Waals surface area (Å²) < 4.78 is 5.09. The Morgan fingerprint density at radius 3 is 2.47 bits per heavy atom. The summed E-state index contributed by atoms with van der Waals surface area (Å²) in [6.07, 6.45) is 3.07. The van der Waals surface area contributed by atoms with E-state index < -0.39 is 6.10 Å². The number of benzene rings is 1. The maximum absolute atomic E-state index is 13.2. The van der Waals surface area contributed by atoms with E-state index in [0.29, 0.717) is 18.7 Å². The smallest absolute Gasteiger partial charge is 0.336 e. The number of carbonyl (C=O) groups is 2. The quantitative estimate of drug-likeness (QED) is 0.684. The summed E-state index contributed by atoms with van der Waals surface area (Å²) in [5.74, 6) is -0.217. The van der Waals surface area contributed by atoms with E-state index in [0.717, 1.165) is 49.3 Å². The standard InChI is InChI=1S/C22H26N6O4/c1-15-18(13-32-20(15)30)27-11-8-22(21(27)31)6-9-26(10-7-22)12-19(29)16-2-4-17(5-3-16)28-24-14-23-25-28/h2-5,14,19,29H,6-13H2,1H3. The van der Waals surface area contributed by atoms with Crippen LogP contribution in [0, 0.1) is 5.41 Å². The highest BCUT2D eigenvalue weighted by molar-refractivity contribution is 5.94. The number of cyclic esters (lactones) is 1. The number of esters is 1. The molecule has 1 N–H and O–H groups in total. The predicted octanol–water partition coefficient (Wildman–Crippen LogP) is 0.841. The molecule has 1 unspecified atom stereocenters. The second-order valence-corrected chi connectivity index (χ2v) is 8.77. The number of likely N-dealkylation sites (tertiary alicyclic amines) is 2. The fourth-order valence-corrected chi connectivity index (χ4v) is 4.92. The van der Waals surface area contributed by atoms with Crippen LogP contribution in [-0.2, 0) is 14.3 Å². The molecule has 2 aromatic rings. The van der Waals surface area contributed by atoms with Gasteiger partial charge in [0, 0.05) is 13.1 Å². The number of amides is 1. The number of tetrazole rings is 1. The molecule has 10 heteroatoms. The van der Waals surface area contributed by atoms with Gasteiger partial charge >= 0.3 is 5.97 Å². The van der Waals surface area contributed by atoms with E-state index in [-0.39, 0.29) is 23.9 Å². The largest absolute Gasteiger partial charge is 0.456 e. The van der Waals surface area contributed by atoms with Gasteiger partial charge in [-0.3, -0.25) is 4.79 Å². The van der Waals surface area contributed by atoms with Gasteiger partial charge in [-0.15, -0.1) is 15.0 Å². The molecule has 0 saturated carbocycles. The van der Waals surface area contributed by atoms with Gasteiger partial charge in [-0.25, -0.2) is 4.79 Å². The van der Waals surface area contributed by atoms with Crippen LogP contribution in [0.4, 0.5) is 0 Å². The number of aliphatic hydroxyl groups is 1. The molecule has 32 heavy (non-hydrogen) atoms. The summed E-state index contributed by atoms with van der Waals surface area (Å²) in [5.41, 5.74) is 2.50. The van der Waals surface area contributed by atoms with Gasteiger partial charge in [0.2, 0.25) is 5.91 Å². The zero-order valence-electron chi connectivity index (χ0n) is 18.0. The highest BCUT2D eigenvalue weighted by Gasteiger charge is 2.50. The minimum atomic E-state index is -0.618. The van der Waals surface area contributed by atoms with E-state index in [1.165, 1.54) is 11.1 Å². The lowest BCUT2D eigenvalue weighted by molar-refractivity contribution is -0.138. The van der Waals surface area contributed by atoms with Gasteiger partial charge in [-0.05, 0) is 62.2 Å². The molecule has 0 radical (unpaired) electrons. The summed E-state index contributed by atoms with van der Waals surface area (Å²) in [4.78, 5) is 30.3. The third kappa shape index (κ3) is 3.59. The second kappa shape index (κ2) is 8.10. The second-order valence-electron chi connectivity index (χ2n) is 8.77. The molecular weight excluding hydrogens is 412 g/mol. The molecule has 5 rings (SSSR count). The molecular formula is C22H26N6O4. The highest BCUT2D eigenvalue weighted by atomic mass is 16.5. The molecule has 168 valence electrons. The van der Waals surface area contributed by atoms with Gasteiger partial charge in [0.15, 0.2) is 6.33 Å². The monoisotopic (exact) mass is 438 g/mol. The van der Waals surface area contributed by atoms with Crippen molar-refractivity contribution in [3.8, 4) is 5.69 Å². The Bertz CT molecular complexity index is 1040. The van der Waals surface area contributed by atoms with Crippen molar-refractivity contribution in [1.82, 2.24) is 30.0 Å². The molecule has 2 fully saturated rings. The van der Waals surface area contributed by atoms with Crippen LogP contribution in [0.3, 0.4) is 0 Å². The van der Waals surface area contributed by atoms with E-state index in [2.05, 4.69) is 20.3 Å². The number of rotatable bonds is 5. The molecule has 2 saturated heterocycles. The van der Waals surface area contributed by atoms with Crippen molar-refractivity contribution in [3.63, 3.8) is 0 Å². The van der Waals surface area contributed by atoms with Gasteiger partial charge in [0.1, 0.15) is 6.61 Å². The molecule has 3 aliphatic rings. The summed E-state index contributed by atoms with van der Waals surface area (Å²) in [5, 5.41) is 22.3. The van der Waals surface area contributed by atoms with Crippen molar-refractivity contribution in [2.75, 3.05) is 32.8 Å². The van der Waals surface area contributed by atoms with E-state index in [9.17, 15) is 14.7 Å². The first-order valence-corrected chi connectivity index (χ1v) is 10.9. The minimum absolute atomic E-state index is 0.114. The van der Waals surface area contributed by atoms with Gasteiger partial charge in [0.05, 0.1) is 28.5 Å². The Balaban J connectivity index is 1.18. The van der Waals surface area contributed by atoms with Crippen molar-refractivity contribution in [2.45, 2.75) is 32.3 Å². The number of ether oxygens (including phenoxy) is 1. The number of carbonyl (C=O) groups excluding carboxylic acids is 2. The molecule has 0 bridgehead atoms. The van der Waals surface area contributed by atoms with Crippen LogP contribution in [0.2, 0.25) is 0 Å². The van der Waals surface area contributed by atoms with Crippen LogP contribution in [0.1, 0.15) is 37.9 Å². The van der Waals surface area contributed by atoms with Crippen LogP contribution in [0.25, 0.3) is 5.69 Å². The highest BCUT2D eigenvalue weighted by Crippen LogP contribution is 2.43. The molecule has 4 heterocycles. The average molecular weight is 438 g/mol. The fraction of sp³-hybridized carbons (Fsp3) is 0.500. The Kier molecular flexibility index (Phi) is 5.26. The van der Waals surface area contributed by atoms with Gasteiger partial charge in [-0.2, -0.15) is 0 Å². The molecule has 10 nitrogen and oxygen atoms in total. The Morgan fingerprint density at radius 1 is 1.12 bits per heavy atom. The summed E-state index contributed by atoms with van der Waals surface area (Å²) in [6.45, 7) is 4.58. The van der Waals surface area contributed by atoms with Crippen molar-refractivity contribution in [2.24, 2.45) is 5.41 Å². The number of nitrogens with zero attached hydrogens (tertiary/aromatic N) is 6. The maximum atomic E-state index is 13.2. The van der Waals surface area contributed by atoms with E-state index >= 15 is 0 Å². The first-order chi connectivity index (χ1) is 15.5. The molecule has 1 aromatic heterocycles. The Hall–Kier alpha value is -3.11. The van der Waals surface area contributed by atoms with Crippen molar-refractivity contribution < 1.29 is 19.4 Å². The Morgan fingerprint density at radius 2 is 1.84 bits per heavy atom. The molecule has 1 aromatic carbocycles. The zero-order valence-corrected chi connectivity index (χ0v) is 18.0. The number of hydrogen-bond acceptors (Lipinski definition) is 8. The first-order valence-electron chi connectivity index (χ1n) is 10.9. The fourth-order valence-electron chi connectivity index (χ4n) is 4.92. The third-order valence-corrected chi connectivity index (χ3v) is 7.02. The minimum Gasteiger partial charge on any atom is -0.456 e. The number of aliphatic hydroxyl groups excluding tert-OH is 1. The van der Waals surface area contributed by atoms with Crippen molar-refractivity contribution in [3.05, 3.63) is 47.4 Å². The number of β-amino-alcohol motifs (C(OH)–C–C–N with tert-alkyl or cyclic N) is 1. The lowest BCUT2D eigenvalue weighted by Crippen LogP contribution is -2.45. The topological polar surface area (TPSA) is 114 Å².